The van der Waals surface area contributed by atoms with Crippen LogP contribution in [0.1, 0.15) is 29.7 Å². The number of nitrogens with one attached hydrogen (secondary N) is 1. The topological polar surface area (TPSA) is 51.3 Å². The number of hydrogen-bond donors (Lipinski definition) is 1. The van der Waals surface area contributed by atoms with Gasteiger partial charge >= 0.3 is 6.18 Å². The van der Waals surface area contributed by atoms with Crippen LogP contribution < -0.4 is 10.3 Å². The molecule has 28 heavy (non-hydrogen) atoms. The SMILES string of the molecule is COc1ccc(C(=CC2CCOCC2)c2ccc(C(F)(F)F)c(=O)[nH]2)cc1Cl. The van der Waals surface area contributed by atoms with Crippen molar-refractivity contribution in [1.82, 2.24) is 4.98 Å². The second-order valence-electron chi connectivity index (χ2n) is 6.49. The Morgan fingerprint density at radius 2 is 1.96 bits per heavy atom. The summed E-state index contributed by atoms with van der Waals surface area (Å²) in [5, 5.41) is 0.368. The first-order valence-electron chi connectivity index (χ1n) is 8.74. The van der Waals surface area contributed by atoms with Crippen LogP contribution in [0.2, 0.25) is 5.02 Å². The lowest BCUT2D eigenvalue weighted by molar-refractivity contribution is -0.138. The van der Waals surface area contributed by atoms with Crippen LogP contribution in [0.3, 0.4) is 0 Å². The third kappa shape index (κ3) is 4.59. The van der Waals surface area contributed by atoms with Crippen molar-refractivity contribution in [1.29, 1.82) is 0 Å². The van der Waals surface area contributed by atoms with E-state index < -0.39 is 17.3 Å². The largest absolute Gasteiger partial charge is 0.495 e. The molecule has 1 aliphatic rings. The van der Waals surface area contributed by atoms with Crippen LogP contribution in [-0.4, -0.2) is 25.3 Å². The number of methoxy groups -OCH3 is 1. The average Bonchev–Trinajstić information content (AvgIpc) is 2.66. The van der Waals surface area contributed by atoms with Crippen LogP contribution in [0.25, 0.3) is 5.57 Å². The molecule has 0 spiro atoms. The lowest BCUT2D eigenvalue weighted by atomic mass is 9.92. The lowest BCUT2D eigenvalue weighted by Crippen LogP contribution is -2.22. The van der Waals surface area contributed by atoms with E-state index in [0.717, 1.165) is 18.9 Å². The Kier molecular flexibility index (Phi) is 6.15. The molecule has 1 saturated heterocycles. The second-order valence-corrected chi connectivity index (χ2v) is 6.90. The number of hydrogen-bond acceptors (Lipinski definition) is 3. The molecule has 2 aromatic rings. The van der Waals surface area contributed by atoms with Gasteiger partial charge in [0.1, 0.15) is 11.3 Å². The van der Waals surface area contributed by atoms with E-state index >= 15 is 0 Å². The number of ether oxygens (including phenoxy) is 2. The first-order chi connectivity index (χ1) is 13.3. The van der Waals surface area contributed by atoms with Gasteiger partial charge in [-0.2, -0.15) is 13.2 Å². The fraction of sp³-hybridized carbons (Fsp3) is 0.350. The monoisotopic (exact) mass is 413 g/mol. The maximum absolute atomic E-state index is 12.9. The summed E-state index contributed by atoms with van der Waals surface area (Å²) in [4.78, 5) is 14.4. The average molecular weight is 414 g/mol. The van der Waals surface area contributed by atoms with E-state index in [0.29, 0.717) is 40.8 Å². The second kappa shape index (κ2) is 8.41. The van der Waals surface area contributed by atoms with Gasteiger partial charge in [0.05, 0.1) is 12.1 Å². The minimum atomic E-state index is -4.71. The molecule has 8 heteroatoms. The first kappa shape index (κ1) is 20.5. The van der Waals surface area contributed by atoms with E-state index in [1.807, 2.05) is 6.08 Å². The Hall–Kier alpha value is -2.25. The molecule has 1 aromatic heterocycles. The van der Waals surface area contributed by atoms with Crippen LogP contribution in [0, 0.1) is 5.92 Å². The van der Waals surface area contributed by atoms with Crippen molar-refractivity contribution >= 4 is 17.2 Å². The summed E-state index contributed by atoms with van der Waals surface area (Å²) in [6.07, 6.45) is -1.17. The van der Waals surface area contributed by atoms with E-state index in [-0.39, 0.29) is 5.92 Å². The number of alkyl halides is 3. The first-order valence-corrected chi connectivity index (χ1v) is 9.11. The van der Waals surface area contributed by atoms with Gasteiger partial charge < -0.3 is 14.5 Å². The number of H-pyrrole nitrogens is 1. The summed E-state index contributed by atoms with van der Waals surface area (Å²) < 4.78 is 49.3. The van der Waals surface area contributed by atoms with Gasteiger partial charge in [-0.3, -0.25) is 4.79 Å². The molecule has 1 fully saturated rings. The molecule has 0 unspecified atom stereocenters. The van der Waals surface area contributed by atoms with Crippen molar-refractivity contribution < 1.29 is 22.6 Å². The van der Waals surface area contributed by atoms with Crippen molar-refractivity contribution in [3.8, 4) is 5.75 Å². The highest BCUT2D eigenvalue weighted by molar-refractivity contribution is 6.32. The molecule has 0 amide bonds. The van der Waals surface area contributed by atoms with E-state index in [1.54, 1.807) is 18.2 Å². The number of aromatic nitrogens is 1. The fourth-order valence-electron chi connectivity index (χ4n) is 3.15. The van der Waals surface area contributed by atoms with Crippen molar-refractivity contribution in [2.45, 2.75) is 19.0 Å². The molecule has 1 aromatic carbocycles. The minimum absolute atomic E-state index is 0.176. The zero-order chi connectivity index (χ0) is 20.3. The molecule has 4 nitrogen and oxygen atoms in total. The number of benzene rings is 1. The third-order valence-electron chi connectivity index (χ3n) is 4.64. The minimum Gasteiger partial charge on any atom is -0.495 e. The van der Waals surface area contributed by atoms with E-state index in [9.17, 15) is 18.0 Å². The summed E-state index contributed by atoms with van der Waals surface area (Å²) in [5.74, 6) is 0.659. The molecular weight excluding hydrogens is 395 g/mol. The zero-order valence-corrected chi connectivity index (χ0v) is 15.9. The Morgan fingerprint density at radius 3 is 2.54 bits per heavy atom. The van der Waals surface area contributed by atoms with E-state index in [1.165, 1.54) is 13.2 Å². The molecule has 0 saturated carbocycles. The van der Waals surface area contributed by atoms with E-state index in [4.69, 9.17) is 21.1 Å². The van der Waals surface area contributed by atoms with Crippen LogP contribution in [0.5, 0.6) is 5.75 Å². The van der Waals surface area contributed by atoms with Gasteiger partial charge in [-0.25, -0.2) is 0 Å². The fourth-order valence-corrected chi connectivity index (χ4v) is 3.41. The van der Waals surface area contributed by atoms with Crippen LogP contribution in [0.4, 0.5) is 13.2 Å². The quantitative estimate of drug-likeness (QED) is 0.774. The van der Waals surface area contributed by atoms with Gasteiger partial charge in [-0.05, 0) is 48.6 Å². The summed E-state index contributed by atoms with van der Waals surface area (Å²) >= 11 is 6.23. The number of allylic oxidation sites excluding steroid dienone is 1. The Morgan fingerprint density at radius 1 is 1.25 bits per heavy atom. The molecular formula is C20H19ClF3NO3. The summed E-state index contributed by atoms with van der Waals surface area (Å²) in [5.41, 5.74) is -0.822. The standard InChI is InChI=1S/C20H19ClF3NO3/c1-27-18-5-2-13(11-16(18)21)14(10-12-6-8-28-9-7-12)17-4-3-15(19(26)25-17)20(22,23)24/h2-5,10-12H,6-9H2,1H3,(H,25,26). The number of halogens is 4. The van der Waals surface area contributed by atoms with Crippen molar-refractivity contribution in [2.75, 3.05) is 20.3 Å². The highest BCUT2D eigenvalue weighted by Crippen LogP contribution is 2.33. The Balaban J connectivity index is 2.09. The Labute approximate surface area is 164 Å². The van der Waals surface area contributed by atoms with Gasteiger partial charge in [-0.1, -0.05) is 23.7 Å². The maximum atomic E-state index is 12.9. The lowest BCUT2D eigenvalue weighted by Gasteiger charge is -2.21. The van der Waals surface area contributed by atoms with Crippen LogP contribution in [0.15, 0.2) is 41.2 Å². The smallest absolute Gasteiger partial charge is 0.421 e. The normalized spacial score (nSPS) is 16.2. The van der Waals surface area contributed by atoms with Crippen molar-refractivity contribution in [2.24, 2.45) is 5.92 Å². The molecule has 1 N–H and O–H groups in total. The van der Waals surface area contributed by atoms with Crippen LogP contribution in [-0.2, 0) is 10.9 Å². The summed E-state index contributed by atoms with van der Waals surface area (Å²) in [6, 6.07) is 7.18. The van der Waals surface area contributed by atoms with Crippen molar-refractivity contribution in [3.05, 3.63) is 68.6 Å². The van der Waals surface area contributed by atoms with E-state index in [2.05, 4.69) is 4.98 Å². The molecule has 150 valence electrons. The predicted octanol–water partition coefficient (Wildman–Crippen LogP) is 4.91. The summed E-state index contributed by atoms with van der Waals surface area (Å²) in [6.45, 7) is 1.22. The molecule has 0 atom stereocenters. The molecule has 3 rings (SSSR count). The molecule has 2 heterocycles. The van der Waals surface area contributed by atoms with Gasteiger partial charge in [0.15, 0.2) is 0 Å². The Bertz CT molecular complexity index is 931. The maximum Gasteiger partial charge on any atom is 0.421 e. The van der Waals surface area contributed by atoms with Crippen molar-refractivity contribution in [3.63, 3.8) is 0 Å². The van der Waals surface area contributed by atoms with Gasteiger partial charge in [0.25, 0.3) is 5.56 Å². The predicted molar refractivity (Wildman–Crippen MR) is 101 cm³/mol. The highest BCUT2D eigenvalue weighted by Gasteiger charge is 2.34. The third-order valence-corrected chi connectivity index (χ3v) is 4.93. The van der Waals surface area contributed by atoms with Gasteiger partial charge in [0, 0.05) is 24.5 Å². The number of pyridine rings is 1. The molecule has 1 aliphatic heterocycles. The van der Waals surface area contributed by atoms with Crippen LogP contribution >= 0.6 is 11.6 Å². The molecule has 0 radical (unpaired) electrons. The number of aromatic amines is 1. The molecule has 0 aliphatic carbocycles. The van der Waals surface area contributed by atoms with Gasteiger partial charge in [0.2, 0.25) is 0 Å². The molecule has 0 bridgehead atoms. The highest BCUT2D eigenvalue weighted by atomic mass is 35.5. The number of rotatable bonds is 4. The summed E-state index contributed by atoms with van der Waals surface area (Å²) in [7, 11) is 1.49. The van der Waals surface area contributed by atoms with Gasteiger partial charge in [-0.15, -0.1) is 0 Å². The zero-order valence-electron chi connectivity index (χ0n) is 15.1.